The first-order valence-corrected chi connectivity index (χ1v) is 12.6. The van der Waals surface area contributed by atoms with E-state index >= 15 is 0 Å². The van der Waals surface area contributed by atoms with Crippen molar-refractivity contribution in [2.24, 2.45) is 0 Å². The Balaban J connectivity index is 1.25. The first-order chi connectivity index (χ1) is 17.8. The Labute approximate surface area is 212 Å². The van der Waals surface area contributed by atoms with Crippen LogP contribution in [0.4, 0.5) is 5.69 Å². The highest BCUT2D eigenvalue weighted by molar-refractivity contribution is 7.89. The molecule has 5 rings (SSSR count). The molecule has 3 aromatic carbocycles. The predicted molar refractivity (Wildman–Crippen MR) is 134 cm³/mol. The second kappa shape index (κ2) is 9.87. The summed E-state index contributed by atoms with van der Waals surface area (Å²) in [5.41, 5.74) is 2.44. The lowest BCUT2D eigenvalue weighted by molar-refractivity contribution is 0.315. The summed E-state index contributed by atoms with van der Waals surface area (Å²) < 4.78 is 38.4. The number of hydrogen-bond donors (Lipinski definition) is 2. The molecule has 0 amide bonds. The van der Waals surface area contributed by atoms with Crippen molar-refractivity contribution >= 4 is 26.7 Å². The van der Waals surface area contributed by atoms with Crippen LogP contribution in [0.5, 0.6) is 17.2 Å². The van der Waals surface area contributed by atoms with E-state index < -0.39 is 10.0 Å². The van der Waals surface area contributed by atoms with Gasteiger partial charge in [-0.25, -0.2) is 22.0 Å². The molecule has 0 aliphatic rings. The molecular weight excluding hydrogens is 498 g/mol. The summed E-state index contributed by atoms with van der Waals surface area (Å²) in [6.07, 6.45) is 1.77. The highest BCUT2D eigenvalue weighted by Gasteiger charge is 2.24. The third-order valence-corrected chi connectivity index (χ3v) is 7.37. The first-order valence-electron chi connectivity index (χ1n) is 11.2. The average Bonchev–Trinajstić information content (AvgIpc) is 3.55. The number of anilines is 1. The highest BCUT2D eigenvalue weighted by atomic mass is 32.2. The fourth-order valence-corrected chi connectivity index (χ4v) is 4.64. The lowest BCUT2D eigenvalue weighted by Crippen LogP contribution is -2.22. The number of rotatable bonds is 9. The summed E-state index contributed by atoms with van der Waals surface area (Å²) in [7, 11) is -0.828. The Bertz CT molecular complexity index is 1650. The highest BCUT2D eigenvalue weighted by Crippen LogP contribution is 2.31. The Hall–Kier alpha value is -4.49. The van der Waals surface area contributed by atoms with Gasteiger partial charge in [-0.1, -0.05) is 29.5 Å². The van der Waals surface area contributed by atoms with E-state index in [2.05, 4.69) is 25.9 Å². The minimum atomic E-state index is -3.71. The van der Waals surface area contributed by atoms with Gasteiger partial charge in [-0.05, 0) is 52.3 Å². The summed E-state index contributed by atoms with van der Waals surface area (Å²) in [6, 6.07) is 17.4. The van der Waals surface area contributed by atoms with Crippen LogP contribution in [0.3, 0.4) is 0 Å². The topological polar surface area (TPSA) is 148 Å². The third kappa shape index (κ3) is 5.08. The minimum Gasteiger partial charge on any atom is -0.504 e. The summed E-state index contributed by atoms with van der Waals surface area (Å²) in [4.78, 5) is 0.00804. The number of phenolic OH excluding ortho intramolecular Hbond substituents is 1. The van der Waals surface area contributed by atoms with Gasteiger partial charge in [0.2, 0.25) is 10.0 Å². The maximum atomic E-state index is 12.6. The largest absolute Gasteiger partial charge is 0.504 e. The van der Waals surface area contributed by atoms with E-state index in [-0.39, 0.29) is 16.2 Å². The van der Waals surface area contributed by atoms with Gasteiger partial charge < -0.3 is 15.2 Å². The fraction of sp³-hybridized carbons (Fsp3) is 0.167. The molecule has 0 unspecified atom stereocenters. The van der Waals surface area contributed by atoms with Gasteiger partial charge in [-0.3, -0.25) is 0 Å². The number of para-hydroxylation sites is 1. The van der Waals surface area contributed by atoms with Crippen molar-refractivity contribution in [1.29, 1.82) is 0 Å². The second-order valence-corrected chi connectivity index (χ2v) is 10.5. The molecule has 0 bridgehead atoms. The number of phenols is 1. The SMILES string of the molecule is CN(C)S(=O)(=O)c1ccc(NCc2cn(Cc3ccc(Oc4ccccc4)c(O)c3)nn2)c2nonc12. The van der Waals surface area contributed by atoms with E-state index in [4.69, 9.17) is 9.37 Å². The Kier molecular flexibility index (Phi) is 6.46. The zero-order valence-corrected chi connectivity index (χ0v) is 20.8. The first kappa shape index (κ1) is 24.2. The van der Waals surface area contributed by atoms with Crippen molar-refractivity contribution in [2.75, 3.05) is 19.4 Å². The third-order valence-electron chi connectivity index (χ3n) is 5.52. The number of nitrogens with zero attached hydrogens (tertiary/aromatic N) is 6. The van der Waals surface area contributed by atoms with Gasteiger partial charge in [-0.2, -0.15) is 0 Å². The van der Waals surface area contributed by atoms with Gasteiger partial charge in [0.15, 0.2) is 22.5 Å². The van der Waals surface area contributed by atoms with E-state index in [1.807, 2.05) is 36.4 Å². The van der Waals surface area contributed by atoms with Gasteiger partial charge in [0.25, 0.3) is 0 Å². The monoisotopic (exact) mass is 521 g/mol. The number of sulfonamides is 1. The van der Waals surface area contributed by atoms with Crippen molar-refractivity contribution in [2.45, 2.75) is 18.0 Å². The van der Waals surface area contributed by atoms with E-state index in [0.29, 0.717) is 41.5 Å². The number of aromatic hydroxyl groups is 1. The molecule has 0 radical (unpaired) electrons. The second-order valence-electron chi connectivity index (χ2n) is 8.34. The molecule has 37 heavy (non-hydrogen) atoms. The molecule has 0 spiro atoms. The standard InChI is InChI=1S/C24H23N7O5S/c1-30(2)37(33,34)22-11-9-19(23-24(22)28-36-27-23)25-13-17-15-31(29-26-17)14-16-8-10-21(20(32)12-16)35-18-6-4-3-5-7-18/h3-12,15,25,32H,13-14H2,1-2H3. The maximum Gasteiger partial charge on any atom is 0.244 e. The molecule has 0 fully saturated rings. The molecule has 13 heteroatoms. The van der Waals surface area contributed by atoms with Crippen LogP contribution in [0.1, 0.15) is 11.3 Å². The molecule has 12 nitrogen and oxygen atoms in total. The van der Waals surface area contributed by atoms with E-state index in [0.717, 1.165) is 9.87 Å². The Morgan fingerprint density at radius 1 is 1.05 bits per heavy atom. The van der Waals surface area contributed by atoms with Gasteiger partial charge in [-0.15, -0.1) is 5.10 Å². The van der Waals surface area contributed by atoms with Gasteiger partial charge in [0.1, 0.15) is 16.3 Å². The summed E-state index contributed by atoms with van der Waals surface area (Å²) in [5, 5.41) is 29.5. The Morgan fingerprint density at radius 2 is 1.84 bits per heavy atom. The van der Waals surface area contributed by atoms with Crippen LogP contribution in [0.25, 0.3) is 11.0 Å². The summed E-state index contributed by atoms with van der Waals surface area (Å²) in [6.45, 7) is 0.692. The molecular formula is C24H23N7O5S. The molecule has 5 aromatic rings. The van der Waals surface area contributed by atoms with Crippen molar-refractivity contribution in [1.82, 2.24) is 29.6 Å². The fourth-order valence-electron chi connectivity index (χ4n) is 3.62. The normalized spacial score (nSPS) is 11.8. The van der Waals surface area contributed by atoms with Crippen molar-refractivity contribution in [3.63, 3.8) is 0 Å². The van der Waals surface area contributed by atoms with Crippen LogP contribution in [0.2, 0.25) is 0 Å². The van der Waals surface area contributed by atoms with Crippen molar-refractivity contribution in [3.05, 3.63) is 78.1 Å². The number of hydrogen-bond acceptors (Lipinski definition) is 10. The van der Waals surface area contributed by atoms with Crippen LogP contribution in [-0.4, -0.2) is 57.2 Å². The van der Waals surface area contributed by atoms with E-state index in [1.165, 1.54) is 20.2 Å². The van der Waals surface area contributed by atoms with Crippen LogP contribution in [0, 0.1) is 0 Å². The quantitative estimate of drug-likeness (QED) is 0.296. The van der Waals surface area contributed by atoms with Crippen LogP contribution < -0.4 is 10.1 Å². The van der Waals surface area contributed by atoms with Gasteiger partial charge >= 0.3 is 0 Å². The van der Waals surface area contributed by atoms with Gasteiger partial charge in [0.05, 0.1) is 25.0 Å². The zero-order valence-electron chi connectivity index (χ0n) is 19.9. The van der Waals surface area contributed by atoms with Gasteiger partial charge in [0, 0.05) is 14.1 Å². The number of ether oxygens (including phenoxy) is 1. The molecule has 2 heterocycles. The molecule has 2 aromatic heterocycles. The summed E-state index contributed by atoms with van der Waals surface area (Å²) >= 11 is 0. The number of fused-ring (bicyclic) bond motifs is 1. The van der Waals surface area contributed by atoms with Crippen LogP contribution in [-0.2, 0) is 23.1 Å². The molecule has 2 N–H and O–H groups in total. The molecule has 0 saturated heterocycles. The molecule has 0 aliphatic carbocycles. The van der Waals surface area contributed by atoms with E-state index in [9.17, 15) is 13.5 Å². The van der Waals surface area contributed by atoms with Crippen molar-refractivity contribution < 1.29 is 22.9 Å². The summed E-state index contributed by atoms with van der Waals surface area (Å²) in [5.74, 6) is 1.01. The van der Waals surface area contributed by atoms with Crippen LogP contribution >= 0.6 is 0 Å². The number of benzene rings is 3. The van der Waals surface area contributed by atoms with E-state index in [1.54, 1.807) is 29.1 Å². The molecule has 0 saturated carbocycles. The smallest absolute Gasteiger partial charge is 0.244 e. The predicted octanol–water partition coefficient (Wildman–Crippen LogP) is 3.22. The number of aromatic nitrogens is 5. The average molecular weight is 522 g/mol. The molecule has 0 aliphatic heterocycles. The molecule has 0 atom stereocenters. The minimum absolute atomic E-state index is 0.00804. The van der Waals surface area contributed by atoms with Crippen LogP contribution in [0.15, 0.2) is 76.4 Å². The number of nitrogens with one attached hydrogen (secondary N) is 1. The molecule has 190 valence electrons. The lowest BCUT2D eigenvalue weighted by atomic mass is 10.2. The maximum absolute atomic E-state index is 12.6. The Morgan fingerprint density at radius 3 is 2.59 bits per heavy atom. The van der Waals surface area contributed by atoms with Crippen molar-refractivity contribution in [3.8, 4) is 17.2 Å². The lowest BCUT2D eigenvalue weighted by Gasteiger charge is -2.12. The zero-order chi connectivity index (χ0) is 26.0.